The first-order valence-electron chi connectivity index (χ1n) is 16.5. The van der Waals surface area contributed by atoms with Gasteiger partial charge in [0.1, 0.15) is 6.61 Å². The molecule has 0 saturated heterocycles. The predicted octanol–water partition coefficient (Wildman–Crippen LogP) is 8.65. The van der Waals surface area contributed by atoms with Crippen LogP contribution in [0.15, 0.2) is 146 Å². The van der Waals surface area contributed by atoms with Crippen molar-refractivity contribution >= 4 is 29.2 Å². The number of carboxylic acids is 2. The molecule has 0 saturated carbocycles. The molecule has 0 aliphatic rings. The molecular weight excluding hydrogens is 640 g/mol. The van der Waals surface area contributed by atoms with Gasteiger partial charge in [0, 0.05) is 5.69 Å². The third-order valence-electron chi connectivity index (χ3n) is 8.45. The van der Waals surface area contributed by atoms with Gasteiger partial charge in [0.2, 0.25) is 0 Å². The molecule has 6 aromatic carbocycles. The SMILES string of the molecule is O=C(O)c1ccc(Cc2ccccc2)cc1CONc1ccc(Cc2ccc(NC(=O)c3cc(Cc4ccccc4)ccc3C(=O)O)cc2)cc1. The minimum atomic E-state index is -1.16. The Labute approximate surface area is 296 Å². The fourth-order valence-corrected chi connectivity index (χ4v) is 5.85. The molecule has 4 N–H and O–H groups in total. The third-order valence-corrected chi connectivity index (χ3v) is 8.45. The van der Waals surface area contributed by atoms with Gasteiger partial charge in [-0.3, -0.25) is 15.1 Å². The number of hydrogen-bond acceptors (Lipinski definition) is 5. The molecule has 0 heterocycles. The first-order chi connectivity index (χ1) is 24.8. The summed E-state index contributed by atoms with van der Waals surface area (Å²) in [6.45, 7) is 0.0750. The van der Waals surface area contributed by atoms with E-state index in [0.29, 0.717) is 30.5 Å². The van der Waals surface area contributed by atoms with Crippen molar-refractivity contribution in [2.24, 2.45) is 0 Å². The van der Waals surface area contributed by atoms with Crippen LogP contribution in [-0.2, 0) is 30.7 Å². The molecule has 0 aliphatic carbocycles. The van der Waals surface area contributed by atoms with Crippen LogP contribution in [0.5, 0.6) is 0 Å². The highest BCUT2D eigenvalue weighted by molar-refractivity contribution is 6.10. The standard InChI is InChI=1S/C43H36N2O6/c46-41(40-27-34(16-22-39(40)43(49)50)25-30-9-5-2-6-10-30)44-36-17-11-31(12-18-36)23-32-13-19-37(20-14-32)45-51-28-35-26-33(15-21-38(35)42(47)48)24-29-7-3-1-4-8-29/h1-22,26-27,45H,23-25,28H2,(H,44,46)(H,47,48)(H,49,50). The molecule has 51 heavy (non-hydrogen) atoms. The Hall–Kier alpha value is -6.51. The summed E-state index contributed by atoms with van der Waals surface area (Å²) in [5.41, 5.74) is 11.2. The van der Waals surface area contributed by atoms with Crippen molar-refractivity contribution in [3.05, 3.63) is 201 Å². The van der Waals surface area contributed by atoms with Crippen LogP contribution >= 0.6 is 0 Å². The van der Waals surface area contributed by atoms with Crippen LogP contribution in [0.25, 0.3) is 0 Å². The maximum absolute atomic E-state index is 13.2. The van der Waals surface area contributed by atoms with Gasteiger partial charge < -0.3 is 15.5 Å². The van der Waals surface area contributed by atoms with Crippen LogP contribution < -0.4 is 10.8 Å². The van der Waals surface area contributed by atoms with E-state index in [4.69, 9.17) is 4.84 Å². The summed E-state index contributed by atoms with van der Waals surface area (Å²) in [7, 11) is 0. The Balaban J connectivity index is 1.03. The molecule has 6 aromatic rings. The molecule has 1 amide bonds. The Morgan fingerprint density at radius 2 is 0.922 bits per heavy atom. The van der Waals surface area contributed by atoms with Gasteiger partial charge >= 0.3 is 11.9 Å². The molecule has 0 fully saturated rings. The van der Waals surface area contributed by atoms with E-state index in [1.165, 1.54) is 6.07 Å². The van der Waals surface area contributed by atoms with E-state index in [1.54, 1.807) is 30.3 Å². The van der Waals surface area contributed by atoms with Gasteiger partial charge in [-0.05, 0) is 101 Å². The quantitative estimate of drug-likeness (QED) is 0.0851. The highest BCUT2D eigenvalue weighted by atomic mass is 16.6. The molecule has 6 rings (SSSR count). The normalized spacial score (nSPS) is 10.7. The second kappa shape index (κ2) is 16.3. The summed E-state index contributed by atoms with van der Waals surface area (Å²) in [5.74, 6) is -2.65. The van der Waals surface area contributed by atoms with Gasteiger partial charge in [-0.2, -0.15) is 0 Å². The van der Waals surface area contributed by atoms with E-state index in [0.717, 1.165) is 39.1 Å². The van der Waals surface area contributed by atoms with Gasteiger partial charge in [-0.15, -0.1) is 0 Å². The molecule has 254 valence electrons. The Morgan fingerprint density at radius 3 is 1.47 bits per heavy atom. The van der Waals surface area contributed by atoms with Crippen LogP contribution in [0.4, 0.5) is 11.4 Å². The van der Waals surface area contributed by atoms with Crippen molar-refractivity contribution in [1.29, 1.82) is 0 Å². The maximum atomic E-state index is 13.2. The van der Waals surface area contributed by atoms with Crippen molar-refractivity contribution in [2.45, 2.75) is 25.9 Å². The third kappa shape index (κ3) is 9.35. The summed E-state index contributed by atoms with van der Waals surface area (Å²) in [6, 6.07) is 45.1. The Kier molecular flexibility index (Phi) is 11.0. The lowest BCUT2D eigenvalue weighted by Crippen LogP contribution is -2.17. The number of hydrogen-bond donors (Lipinski definition) is 4. The van der Waals surface area contributed by atoms with E-state index in [2.05, 4.69) is 10.8 Å². The van der Waals surface area contributed by atoms with E-state index in [1.807, 2.05) is 109 Å². The lowest BCUT2D eigenvalue weighted by atomic mass is 9.98. The minimum Gasteiger partial charge on any atom is -0.478 e. The molecule has 0 radical (unpaired) electrons. The van der Waals surface area contributed by atoms with E-state index < -0.39 is 17.8 Å². The van der Waals surface area contributed by atoms with Gasteiger partial charge in [0.25, 0.3) is 5.91 Å². The van der Waals surface area contributed by atoms with Crippen LogP contribution in [0.2, 0.25) is 0 Å². The molecule has 0 spiro atoms. The van der Waals surface area contributed by atoms with Gasteiger partial charge in [-0.1, -0.05) is 103 Å². The molecule has 0 unspecified atom stereocenters. The number of carboxylic acid groups (broad SMARTS) is 2. The van der Waals surface area contributed by atoms with Crippen LogP contribution in [0, 0.1) is 0 Å². The Morgan fingerprint density at radius 1 is 0.471 bits per heavy atom. The van der Waals surface area contributed by atoms with Crippen molar-refractivity contribution in [2.75, 3.05) is 10.8 Å². The largest absolute Gasteiger partial charge is 0.478 e. The highest BCUT2D eigenvalue weighted by Gasteiger charge is 2.18. The number of rotatable bonds is 14. The first-order valence-corrected chi connectivity index (χ1v) is 16.5. The molecule has 0 aromatic heterocycles. The highest BCUT2D eigenvalue weighted by Crippen LogP contribution is 2.21. The average molecular weight is 677 g/mol. The zero-order valence-electron chi connectivity index (χ0n) is 27.7. The number of carbonyl (C=O) groups excluding carboxylic acids is 1. The fraction of sp³-hybridized carbons (Fsp3) is 0.0930. The van der Waals surface area contributed by atoms with Crippen molar-refractivity contribution in [3.63, 3.8) is 0 Å². The lowest BCUT2D eigenvalue weighted by Gasteiger charge is -2.12. The zero-order chi connectivity index (χ0) is 35.6. The predicted molar refractivity (Wildman–Crippen MR) is 197 cm³/mol. The van der Waals surface area contributed by atoms with Crippen LogP contribution in [-0.4, -0.2) is 28.1 Å². The summed E-state index contributed by atoms with van der Waals surface area (Å²) in [5, 5.41) is 22.2. The van der Waals surface area contributed by atoms with Gasteiger partial charge in [0.05, 0.1) is 22.4 Å². The van der Waals surface area contributed by atoms with Crippen molar-refractivity contribution in [1.82, 2.24) is 0 Å². The van der Waals surface area contributed by atoms with E-state index in [-0.39, 0.29) is 23.3 Å². The molecule has 8 nitrogen and oxygen atoms in total. The number of aromatic carboxylic acids is 2. The zero-order valence-corrected chi connectivity index (χ0v) is 27.7. The minimum absolute atomic E-state index is 0.0534. The van der Waals surface area contributed by atoms with E-state index >= 15 is 0 Å². The number of nitrogens with one attached hydrogen (secondary N) is 2. The number of anilines is 2. The smallest absolute Gasteiger partial charge is 0.336 e. The monoisotopic (exact) mass is 676 g/mol. The number of amides is 1. The summed E-state index contributed by atoms with van der Waals surface area (Å²) in [4.78, 5) is 42.6. The van der Waals surface area contributed by atoms with Crippen molar-refractivity contribution < 1.29 is 29.4 Å². The van der Waals surface area contributed by atoms with Crippen LogP contribution in [0.3, 0.4) is 0 Å². The van der Waals surface area contributed by atoms with Crippen LogP contribution in [0.1, 0.15) is 70.0 Å². The lowest BCUT2D eigenvalue weighted by molar-refractivity contribution is 0.0682. The Bertz CT molecular complexity index is 2130. The maximum Gasteiger partial charge on any atom is 0.336 e. The summed E-state index contributed by atoms with van der Waals surface area (Å²) < 4.78 is 0. The fourth-order valence-electron chi connectivity index (χ4n) is 5.85. The second-order valence-electron chi connectivity index (χ2n) is 12.2. The molecule has 0 bridgehead atoms. The molecule has 0 atom stereocenters. The second-order valence-corrected chi connectivity index (χ2v) is 12.2. The summed E-state index contributed by atoms with van der Waals surface area (Å²) in [6.07, 6.45) is 1.92. The first kappa shape index (κ1) is 34.4. The average Bonchev–Trinajstić information content (AvgIpc) is 3.14. The van der Waals surface area contributed by atoms with E-state index in [9.17, 15) is 24.6 Å². The number of carbonyl (C=O) groups is 3. The topological polar surface area (TPSA) is 125 Å². The molecule has 0 aliphatic heterocycles. The molecule has 8 heteroatoms. The van der Waals surface area contributed by atoms with Gasteiger partial charge in [-0.25, -0.2) is 9.59 Å². The number of benzene rings is 6. The molecular formula is C43H36N2O6. The van der Waals surface area contributed by atoms with Crippen molar-refractivity contribution in [3.8, 4) is 0 Å². The van der Waals surface area contributed by atoms with Gasteiger partial charge in [0.15, 0.2) is 0 Å². The summed E-state index contributed by atoms with van der Waals surface area (Å²) >= 11 is 0.